The lowest BCUT2D eigenvalue weighted by Gasteiger charge is -2.16. The molecule has 0 saturated heterocycles. The molecule has 0 aliphatic carbocycles. The molecule has 5 rings (SSSR count). The van der Waals surface area contributed by atoms with Crippen molar-refractivity contribution in [2.24, 2.45) is 5.14 Å². The van der Waals surface area contributed by atoms with Crippen molar-refractivity contribution in [3.05, 3.63) is 82.8 Å². The number of hydrogen-bond donors (Lipinski definition) is 4. The van der Waals surface area contributed by atoms with Gasteiger partial charge >= 0.3 is 0 Å². The summed E-state index contributed by atoms with van der Waals surface area (Å²) in [4.78, 5) is 35.0. The highest BCUT2D eigenvalue weighted by atomic mass is 32.2. The number of nitriles is 1. The molecule has 4 aromatic heterocycles. The molecule has 1 unspecified atom stereocenters. The van der Waals surface area contributed by atoms with Gasteiger partial charge in [0.25, 0.3) is 5.91 Å². The number of sulfonamides is 1. The van der Waals surface area contributed by atoms with Gasteiger partial charge in [-0.25, -0.2) is 43.0 Å². The van der Waals surface area contributed by atoms with Crippen LogP contribution in [0.4, 0.5) is 11.6 Å². The molecule has 218 valence electrons. The Morgan fingerprint density at radius 2 is 1.86 bits per heavy atom. The van der Waals surface area contributed by atoms with E-state index in [1.807, 2.05) is 19.1 Å². The average Bonchev–Trinajstić information content (AvgIpc) is 3.35. The number of carbonyl (C=O) groups excluding carboxylic acids is 1. The number of carbonyl (C=O) groups is 1. The van der Waals surface area contributed by atoms with E-state index in [9.17, 15) is 18.5 Å². The van der Waals surface area contributed by atoms with E-state index >= 15 is 0 Å². The number of anilines is 2. The number of nitrogen functional groups attached to an aromatic ring is 1. The Morgan fingerprint density at radius 1 is 1.12 bits per heavy atom. The first-order valence-electron chi connectivity index (χ1n) is 12.8. The summed E-state index contributed by atoms with van der Waals surface area (Å²) in [6.07, 6.45) is 3.03. The third kappa shape index (κ3) is 6.07. The van der Waals surface area contributed by atoms with E-state index in [2.05, 4.69) is 35.7 Å². The lowest BCUT2D eigenvalue weighted by molar-refractivity contribution is 0.0945. The summed E-state index contributed by atoms with van der Waals surface area (Å²) in [5, 5.41) is 25.2. The Bertz CT molecular complexity index is 2020. The second-order valence-electron chi connectivity index (χ2n) is 9.66. The second kappa shape index (κ2) is 11.4. The predicted molar refractivity (Wildman–Crippen MR) is 156 cm³/mol. The monoisotopic (exact) mass is 598 g/mol. The molecule has 1 aromatic carbocycles. The molecule has 15 nitrogen and oxygen atoms in total. The zero-order valence-electron chi connectivity index (χ0n) is 23.3. The van der Waals surface area contributed by atoms with Crippen molar-refractivity contribution in [3.8, 4) is 17.6 Å². The van der Waals surface area contributed by atoms with Crippen LogP contribution >= 0.6 is 0 Å². The van der Waals surface area contributed by atoms with Crippen molar-refractivity contribution in [1.29, 1.82) is 5.26 Å². The van der Waals surface area contributed by atoms with Gasteiger partial charge in [-0.2, -0.15) is 10.4 Å². The summed E-state index contributed by atoms with van der Waals surface area (Å²) in [6, 6.07) is 10.8. The molecule has 0 aliphatic rings. The number of benzene rings is 1. The van der Waals surface area contributed by atoms with Gasteiger partial charge in [-0.3, -0.25) is 4.79 Å². The molecule has 1 atom stereocenters. The fraction of sp³-hybridized carbons (Fsp3) is 0.185. The predicted octanol–water partition coefficient (Wildman–Crippen LogP) is 1.80. The molecule has 43 heavy (non-hydrogen) atoms. The average molecular weight is 599 g/mol. The first kappa shape index (κ1) is 29.0. The first-order chi connectivity index (χ1) is 20.4. The van der Waals surface area contributed by atoms with Crippen molar-refractivity contribution in [1.82, 2.24) is 39.9 Å². The van der Waals surface area contributed by atoms with Gasteiger partial charge < -0.3 is 16.4 Å². The van der Waals surface area contributed by atoms with Crippen LogP contribution in [-0.4, -0.2) is 48.9 Å². The van der Waals surface area contributed by atoms with Crippen molar-refractivity contribution in [3.63, 3.8) is 0 Å². The molecule has 6 N–H and O–H groups in total. The van der Waals surface area contributed by atoms with Crippen LogP contribution in [0.5, 0.6) is 0 Å². The molecule has 0 spiro atoms. The molecular formula is C27H26N12O3S. The number of primary sulfonamides is 1. The van der Waals surface area contributed by atoms with Crippen molar-refractivity contribution in [2.75, 3.05) is 11.1 Å². The second-order valence-corrected chi connectivity index (χ2v) is 11.2. The maximum absolute atomic E-state index is 13.1. The van der Waals surface area contributed by atoms with Gasteiger partial charge in [0.1, 0.15) is 41.0 Å². The maximum atomic E-state index is 13.1. The molecule has 0 aliphatic heterocycles. The Hall–Kier alpha value is -5.53. The van der Waals surface area contributed by atoms with E-state index < -0.39 is 22.0 Å². The van der Waals surface area contributed by atoms with Crippen LogP contribution in [0.3, 0.4) is 0 Å². The minimum atomic E-state index is -3.82. The SMILES string of the molecule is Cc1cc(C(=O)NCc2ccc(S(N)(=O)=O)cc2)nc(-c2nc(C(C)Nc3ncnc(N)c3C#N)nn3ccc(C)c23)n1. The summed E-state index contributed by atoms with van der Waals surface area (Å²) >= 11 is 0. The van der Waals surface area contributed by atoms with Gasteiger partial charge in [0.15, 0.2) is 11.6 Å². The van der Waals surface area contributed by atoms with Crippen LogP contribution in [0.2, 0.25) is 0 Å². The number of aryl methyl sites for hydroxylation is 2. The summed E-state index contributed by atoms with van der Waals surface area (Å²) in [6.45, 7) is 5.57. The van der Waals surface area contributed by atoms with Gasteiger partial charge in [-0.15, -0.1) is 0 Å². The molecular weight excluding hydrogens is 572 g/mol. The largest absolute Gasteiger partial charge is 0.382 e. The van der Waals surface area contributed by atoms with Crippen molar-refractivity contribution < 1.29 is 13.2 Å². The zero-order valence-corrected chi connectivity index (χ0v) is 24.1. The Kier molecular flexibility index (Phi) is 7.68. The number of nitrogens with two attached hydrogens (primary N) is 2. The van der Waals surface area contributed by atoms with E-state index in [-0.39, 0.29) is 40.2 Å². The lowest BCUT2D eigenvalue weighted by atomic mass is 10.2. The number of rotatable bonds is 8. The molecule has 1 amide bonds. The van der Waals surface area contributed by atoms with E-state index in [0.717, 1.165) is 5.56 Å². The van der Waals surface area contributed by atoms with Crippen LogP contribution in [0.15, 0.2) is 53.8 Å². The van der Waals surface area contributed by atoms with Gasteiger partial charge in [0.2, 0.25) is 10.0 Å². The van der Waals surface area contributed by atoms with Crippen molar-refractivity contribution >= 4 is 33.1 Å². The van der Waals surface area contributed by atoms with Gasteiger partial charge in [-0.1, -0.05) is 12.1 Å². The standard InChI is InChI=1S/C27H26N12O3S/c1-14-8-9-39-22(14)21(37-24(38-39)16(3)35-25-19(11-28)23(29)32-13-33-25)26-34-15(2)10-20(36-26)27(40)31-12-17-4-6-18(7-5-17)43(30,41)42/h4-10,13,16H,12H2,1-3H3,(H,31,40)(H2,30,41,42)(H3,29,32,33,35). The van der Waals surface area contributed by atoms with Crippen LogP contribution in [0.25, 0.3) is 17.0 Å². The van der Waals surface area contributed by atoms with E-state index in [1.165, 1.54) is 18.5 Å². The number of hydrogen-bond acceptors (Lipinski definition) is 12. The molecule has 0 saturated carbocycles. The normalized spacial score (nSPS) is 12.1. The van der Waals surface area contributed by atoms with E-state index in [0.29, 0.717) is 28.3 Å². The van der Waals surface area contributed by atoms with Crippen LogP contribution < -0.4 is 21.5 Å². The molecule has 0 fully saturated rings. The molecule has 16 heteroatoms. The smallest absolute Gasteiger partial charge is 0.270 e. The van der Waals surface area contributed by atoms with Crippen molar-refractivity contribution in [2.45, 2.75) is 38.3 Å². The Labute approximate surface area is 246 Å². The fourth-order valence-corrected chi connectivity index (χ4v) is 4.80. The summed E-state index contributed by atoms with van der Waals surface area (Å²) in [5.41, 5.74) is 9.19. The maximum Gasteiger partial charge on any atom is 0.270 e. The number of nitrogens with zero attached hydrogens (tertiary/aromatic N) is 8. The third-order valence-corrected chi connectivity index (χ3v) is 7.39. The number of aromatic nitrogens is 7. The van der Waals surface area contributed by atoms with Gasteiger partial charge in [0.05, 0.1) is 16.5 Å². The minimum absolute atomic E-state index is 0.0222. The summed E-state index contributed by atoms with van der Waals surface area (Å²) in [7, 11) is -3.82. The van der Waals surface area contributed by atoms with Crippen LogP contribution in [-0.2, 0) is 16.6 Å². The molecule has 0 bridgehead atoms. The zero-order chi connectivity index (χ0) is 30.9. The van der Waals surface area contributed by atoms with E-state index in [4.69, 9.17) is 15.9 Å². The highest BCUT2D eigenvalue weighted by molar-refractivity contribution is 7.89. The quantitative estimate of drug-likeness (QED) is 0.200. The Balaban J connectivity index is 1.46. The van der Waals surface area contributed by atoms with Crippen LogP contribution in [0.1, 0.15) is 51.7 Å². The molecule has 5 aromatic rings. The van der Waals surface area contributed by atoms with Crippen LogP contribution in [0, 0.1) is 25.2 Å². The lowest BCUT2D eigenvalue weighted by Crippen LogP contribution is -2.24. The highest BCUT2D eigenvalue weighted by Gasteiger charge is 2.21. The van der Waals surface area contributed by atoms with E-state index in [1.54, 1.807) is 42.8 Å². The fourth-order valence-electron chi connectivity index (χ4n) is 4.28. The third-order valence-electron chi connectivity index (χ3n) is 6.46. The topological polar surface area (TPSA) is 233 Å². The Morgan fingerprint density at radius 3 is 2.56 bits per heavy atom. The molecule has 0 radical (unpaired) electrons. The minimum Gasteiger partial charge on any atom is -0.382 e. The molecule has 4 heterocycles. The van der Waals surface area contributed by atoms with Gasteiger partial charge in [-0.05, 0) is 56.2 Å². The highest BCUT2D eigenvalue weighted by Crippen LogP contribution is 2.27. The summed E-state index contributed by atoms with van der Waals surface area (Å²) in [5.74, 6) is 0.388. The summed E-state index contributed by atoms with van der Waals surface area (Å²) < 4.78 is 24.7. The number of nitrogens with one attached hydrogen (secondary N) is 2. The number of amides is 1. The number of fused-ring (bicyclic) bond motifs is 1. The van der Waals surface area contributed by atoms with Gasteiger partial charge in [0, 0.05) is 18.4 Å². The first-order valence-corrected chi connectivity index (χ1v) is 14.4.